The van der Waals surface area contributed by atoms with E-state index in [0.29, 0.717) is 10.1 Å². The number of nitrogens with zero attached hydrogens (tertiary/aromatic N) is 1. The first kappa shape index (κ1) is 22.1. The highest BCUT2D eigenvalue weighted by Crippen LogP contribution is 2.47. The lowest BCUT2D eigenvalue weighted by Crippen LogP contribution is -2.51. The number of furan rings is 1. The quantitative estimate of drug-likeness (QED) is 0.670. The molecule has 1 aromatic heterocycles. The number of aliphatic imine (C=N–C) groups is 1. The summed E-state index contributed by atoms with van der Waals surface area (Å²) < 4.78 is 35.3. The molecule has 2 atom stereocenters. The summed E-state index contributed by atoms with van der Waals surface area (Å²) >= 11 is 2.55. The topological polar surface area (TPSA) is 88.7 Å². The van der Waals surface area contributed by atoms with Gasteiger partial charge in [-0.25, -0.2) is 8.42 Å². The summed E-state index contributed by atoms with van der Waals surface area (Å²) in [4.78, 5) is 18.1. The number of benzene rings is 1. The second kappa shape index (κ2) is 8.67. The van der Waals surface area contributed by atoms with Crippen LogP contribution in [0.3, 0.4) is 0 Å². The number of hydrogen-bond acceptors (Lipinski definition) is 7. The van der Waals surface area contributed by atoms with Gasteiger partial charge in [-0.3, -0.25) is 9.79 Å². The van der Waals surface area contributed by atoms with E-state index in [2.05, 4.69) is 4.72 Å². The molecule has 29 heavy (non-hydrogen) atoms. The van der Waals surface area contributed by atoms with E-state index in [-0.39, 0.29) is 15.9 Å². The smallest absolute Gasteiger partial charge is 0.241 e. The van der Waals surface area contributed by atoms with Gasteiger partial charge in [0.05, 0.1) is 11.2 Å². The molecule has 2 aromatic rings. The van der Waals surface area contributed by atoms with Gasteiger partial charge in [0, 0.05) is 0 Å². The van der Waals surface area contributed by atoms with Crippen molar-refractivity contribution in [2.75, 3.05) is 5.75 Å². The Morgan fingerprint density at radius 1 is 1.24 bits per heavy atom. The number of nitrogens with one attached hydrogen (secondary N) is 1. The van der Waals surface area contributed by atoms with Crippen LogP contribution in [0.1, 0.15) is 38.1 Å². The molecule has 0 spiro atoms. The molecule has 3 rings (SSSR count). The van der Waals surface area contributed by atoms with E-state index < -0.39 is 21.6 Å². The lowest BCUT2D eigenvalue weighted by atomic mass is 9.80. The van der Waals surface area contributed by atoms with E-state index in [1.54, 1.807) is 36.4 Å². The fraction of sp³-hybridized carbons (Fsp3) is 0.400. The number of thioether (sulfide) groups is 2. The van der Waals surface area contributed by atoms with Crippen LogP contribution in [0, 0.1) is 12.8 Å². The monoisotopic (exact) mass is 452 g/mol. The zero-order valence-corrected chi connectivity index (χ0v) is 19.2. The third kappa shape index (κ3) is 4.33. The summed E-state index contributed by atoms with van der Waals surface area (Å²) in [5.74, 6) is 0.872. The van der Waals surface area contributed by atoms with Crippen molar-refractivity contribution in [1.29, 1.82) is 0 Å². The fourth-order valence-corrected chi connectivity index (χ4v) is 6.64. The van der Waals surface area contributed by atoms with Crippen LogP contribution in [-0.2, 0) is 14.8 Å². The Morgan fingerprint density at radius 2 is 1.93 bits per heavy atom. The van der Waals surface area contributed by atoms with Crippen molar-refractivity contribution in [2.24, 2.45) is 10.9 Å². The van der Waals surface area contributed by atoms with Gasteiger partial charge < -0.3 is 4.42 Å². The molecule has 0 saturated carbocycles. The molecule has 0 radical (unpaired) electrons. The second-order valence-corrected chi connectivity index (χ2v) is 11.2. The van der Waals surface area contributed by atoms with Crippen LogP contribution in [0.2, 0.25) is 0 Å². The molecule has 6 nitrogen and oxygen atoms in total. The van der Waals surface area contributed by atoms with Crippen LogP contribution < -0.4 is 4.72 Å². The summed E-state index contributed by atoms with van der Waals surface area (Å²) in [7, 11) is -3.91. The lowest BCUT2D eigenvalue weighted by molar-refractivity contribution is -0.117. The first-order chi connectivity index (χ1) is 13.7. The molecule has 0 bridgehead atoms. The standard InChI is InChI=1S/C20H24N2O4S3/c1-5-27-19-21-20(13(2)3,18(23)28-19)17(16-7-6-12-26-16)22-29(24,25)15-10-8-14(4)9-11-15/h6-13,17,22H,5H2,1-4H3/t17-,20+/m1/s1. The van der Waals surface area contributed by atoms with Gasteiger partial charge in [-0.2, -0.15) is 4.72 Å². The Bertz CT molecular complexity index is 999. The number of aryl methyl sites for hydroxylation is 1. The minimum Gasteiger partial charge on any atom is -0.468 e. The largest absolute Gasteiger partial charge is 0.468 e. The lowest BCUT2D eigenvalue weighted by Gasteiger charge is -2.35. The van der Waals surface area contributed by atoms with Gasteiger partial charge in [0.2, 0.25) is 15.1 Å². The number of sulfonamides is 1. The second-order valence-electron chi connectivity index (χ2n) is 7.06. The zero-order chi connectivity index (χ0) is 21.2. The van der Waals surface area contributed by atoms with Gasteiger partial charge in [-0.15, -0.1) is 0 Å². The number of carbonyl (C=O) groups excluding carboxylic acids is 1. The van der Waals surface area contributed by atoms with Crippen molar-refractivity contribution in [2.45, 2.75) is 44.2 Å². The van der Waals surface area contributed by atoms with E-state index in [1.165, 1.54) is 18.0 Å². The van der Waals surface area contributed by atoms with Crippen LogP contribution in [0.15, 0.2) is 57.0 Å². The normalized spacial score (nSPS) is 20.9. The average molecular weight is 453 g/mol. The molecular weight excluding hydrogens is 428 g/mol. The maximum absolute atomic E-state index is 13.2. The maximum Gasteiger partial charge on any atom is 0.241 e. The summed E-state index contributed by atoms with van der Waals surface area (Å²) in [5, 5.41) is -0.184. The van der Waals surface area contributed by atoms with Gasteiger partial charge >= 0.3 is 0 Å². The van der Waals surface area contributed by atoms with Crippen LogP contribution in [0.5, 0.6) is 0 Å². The van der Waals surface area contributed by atoms with E-state index in [9.17, 15) is 13.2 Å². The van der Waals surface area contributed by atoms with Crippen molar-refractivity contribution < 1.29 is 17.6 Å². The molecule has 1 aliphatic heterocycles. The summed E-state index contributed by atoms with van der Waals surface area (Å²) in [6.07, 6.45) is 1.47. The van der Waals surface area contributed by atoms with Crippen molar-refractivity contribution in [1.82, 2.24) is 4.72 Å². The van der Waals surface area contributed by atoms with Crippen LogP contribution in [0.25, 0.3) is 0 Å². The molecule has 0 unspecified atom stereocenters. The maximum atomic E-state index is 13.2. The average Bonchev–Trinajstić information content (AvgIpc) is 3.29. The summed E-state index contributed by atoms with van der Waals surface area (Å²) in [6, 6.07) is 8.95. The highest BCUT2D eigenvalue weighted by atomic mass is 32.2. The number of rotatable bonds is 7. The molecule has 1 N–H and O–H groups in total. The zero-order valence-electron chi connectivity index (χ0n) is 16.7. The Balaban J connectivity index is 2.10. The first-order valence-electron chi connectivity index (χ1n) is 9.28. The third-order valence-corrected chi connectivity index (χ3v) is 8.25. The highest BCUT2D eigenvalue weighted by molar-refractivity contribution is 8.45. The van der Waals surface area contributed by atoms with Gasteiger partial charge in [0.1, 0.15) is 16.2 Å². The molecule has 156 valence electrons. The molecular formula is C20H24N2O4S3. The van der Waals surface area contributed by atoms with E-state index >= 15 is 0 Å². The Kier molecular flexibility index (Phi) is 6.62. The van der Waals surface area contributed by atoms with Crippen molar-refractivity contribution in [3.8, 4) is 0 Å². The fourth-order valence-electron chi connectivity index (χ4n) is 3.21. The van der Waals surface area contributed by atoms with Gasteiger partial charge in [0.15, 0.2) is 5.54 Å². The first-order valence-corrected chi connectivity index (χ1v) is 12.6. The van der Waals surface area contributed by atoms with Gasteiger partial charge in [-0.1, -0.05) is 50.2 Å². The minimum absolute atomic E-state index is 0.129. The summed E-state index contributed by atoms with van der Waals surface area (Å²) in [6.45, 7) is 7.62. The Morgan fingerprint density at radius 3 is 2.48 bits per heavy atom. The molecule has 0 aliphatic carbocycles. The molecule has 2 heterocycles. The Hall–Kier alpha value is -1.55. The van der Waals surface area contributed by atoms with Crippen LogP contribution >= 0.6 is 23.5 Å². The number of carbonyl (C=O) groups is 1. The molecule has 0 saturated heterocycles. The van der Waals surface area contributed by atoms with E-state index in [1.807, 2.05) is 27.7 Å². The van der Waals surface area contributed by atoms with E-state index in [4.69, 9.17) is 9.41 Å². The molecule has 1 aliphatic rings. The molecule has 1 aromatic carbocycles. The van der Waals surface area contributed by atoms with Crippen LogP contribution in [-0.4, -0.2) is 29.2 Å². The minimum atomic E-state index is -3.91. The predicted octanol–water partition coefficient (Wildman–Crippen LogP) is 4.38. The third-order valence-electron chi connectivity index (χ3n) is 4.80. The Labute approximate surface area is 180 Å². The van der Waals surface area contributed by atoms with Crippen molar-refractivity contribution >= 4 is 43.0 Å². The SMILES string of the molecule is CCSC1=N[C@@](C(C)C)([C@H](NS(=O)(=O)c2ccc(C)cc2)c2ccco2)C(=O)S1. The molecule has 9 heteroatoms. The summed E-state index contributed by atoms with van der Waals surface area (Å²) in [5.41, 5.74) is -0.337. The van der Waals surface area contributed by atoms with Gasteiger partial charge in [-0.05, 0) is 54.6 Å². The molecule has 0 fully saturated rings. The van der Waals surface area contributed by atoms with Crippen molar-refractivity contribution in [3.05, 3.63) is 54.0 Å². The highest BCUT2D eigenvalue weighted by Gasteiger charge is 2.55. The van der Waals surface area contributed by atoms with Crippen LogP contribution in [0.4, 0.5) is 0 Å². The predicted molar refractivity (Wildman–Crippen MR) is 119 cm³/mol. The number of hydrogen-bond donors (Lipinski definition) is 1. The van der Waals surface area contributed by atoms with Gasteiger partial charge in [0.25, 0.3) is 0 Å². The van der Waals surface area contributed by atoms with E-state index in [0.717, 1.165) is 23.1 Å². The van der Waals surface area contributed by atoms with Crippen molar-refractivity contribution in [3.63, 3.8) is 0 Å². The molecule has 0 amide bonds.